The number of carbonyl (C=O) groups excluding carboxylic acids is 1. The molecule has 0 spiro atoms. The highest BCUT2D eigenvalue weighted by Gasteiger charge is 2.31. The number of hydrogen-bond acceptors (Lipinski definition) is 4. The van der Waals surface area contributed by atoms with E-state index in [2.05, 4.69) is 4.90 Å². The highest BCUT2D eigenvalue weighted by atomic mass is 19.1. The lowest BCUT2D eigenvalue weighted by molar-refractivity contribution is -0.133. The first-order valence-electron chi connectivity index (χ1n) is 10.0. The minimum atomic E-state index is -0.282. The molecule has 5 nitrogen and oxygen atoms in total. The zero-order chi connectivity index (χ0) is 20.8. The lowest BCUT2D eigenvalue weighted by Gasteiger charge is -2.29. The highest BCUT2D eigenvalue weighted by molar-refractivity contribution is 5.78. The number of amides is 1. The number of hydrogen-bond donors (Lipinski definition) is 0. The van der Waals surface area contributed by atoms with E-state index < -0.39 is 0 Å². The van der Waals surface area contributed by atoms with Crippen LogP contribution in [0.3, 0.4) is 0 Å². The third-order valence-corrected chi connectivity index (χ3v) is 5.49. The Kier molecular flexibility index (Phi) is 7.09. The third kappa shape index (κ3) is 5.07. The number of methoxy groups -OCH3 is 2. The van der Waals surface area contributed by atoms with Crippen molar-refractivity contribution in [3.05, 3.63) is 59.4 Å². The van der Waals surface area contributed by atoms with Gasteiger partial charge in [-0.25, -0.2) is 4.39 Å². The summed E-state index contributed by atoms with van der Waals surface area (Å²) >= 11 is 0. The number of halogens is 1. The molecule has 1 saturated heterocycles. The second kappa shape index (κ2) is 9.74. The van der Waals surface area contributed by atoms with Crippen molar-refractivity contribution in [2.24, 2.45) is 0 Å². The van der Waals surface area contributed by atoms with Crippen molar-refractivity contribution in [1.82, 2.24) is 9.80 Å². The molecule has 0 aliphatic carbocycles. The van der Waals surface area contributed by atoms with Crippen LogP contribution >= 0.6 is 0 Å². The Hall–Kier alpha value is -2.60. The summed E-state index contributed by atoms with van der Waals surface area (Å²) in [6.45, 7) is 4.12. The number of nitrogens with zero attached hydrogens (tertiary/aromatic N) is 2. The van der Waals surface area contributed by atoms with Crippen LogP contribution in [0.1, 0.15) is 36.9 Å². The van der Waals surface area contributed by atoms with Crippen LogP contribution in [-0.4, -0.2) is 49.6 Å². The van der Waals surface area contributed by atoms with Crippen molar-refractivity contribution in [1.29, 1.82) is 0 Å². The molecule has 0 radical (unpaired) electrons. The van der Waals surface area contributed by atoms with Gasteiger partial charge >= 0.3 is 0 Å². The molecule has 6 heteroatoms. The van der Waals surface area contributed by atoms with Gasteiger partial charge in [-0.15, -0.1) is 0 Å². The van der Waals surface area contributed by atoms with Crippen LogP contribution < -0.4 is 9.47 Å². The number of likely N-dealkylation sites (N-methyl/N-ethyl adjacent to an activating group) is 1. The van der Waals surface area contributed by atoms with Gasteiger partial charge in [-0.2, -0.15) is 0 Å². The zero-order valence-corrected chi connectivity index (χ0v) is 17.4. The van der Waals surface area contributed by atoms with Crippen LogP contribution in [0.15, 0.2) is 42.5 Å². The van der Waals surface area contributed by atoms with E-state index >= 15 is 0 Å². The van der Waals surface area contributed by atoms with Crippen LogP contribution in [0.5, 0.6) is 11.5 Å². The molecule has 0 bridgehead atoms. The normalized spacial score (nSPS) is 16.6. The minimum absolute atomic E-state index is 0.0468. The summed E-state index contributed by atoms with van der Waals surface area (Å²) < 4.78 is 24.4. The molecule has 0 N–H and O–H groups in total. The predicted octanol–water partition coefficient (Wildman–Crippen LogP) is 4.03. The molecule has 1 atom stereocenters. The Labute approximate surface area is 172 Å². The van der Waals surface area contributed by atoms with E-state index in [1.807, 2.05) is 31.2 Å². The van der Waals surface area contributed by atoms with Crippen molar-refractivity contribution in [3.8, 4) is 11.5 Å². The molecule has 3 rings (SSSR count). The average molecular weight is 400 g/mol. The molecular weight excluding hydrogens is 371 g/mol. The standard InChI is InChI=1S/C23H29FN2O3/c1-4-25(15-17-7-5-8-18(24)13-17)23(27)16-26-12-6-9-21(26)20-14-19(28-2)10-11-22(20)29-3/h5,7-8,10-11,13-14,21H,4,6,9,12,15-16H2,1-3H3. The minimum Gasteiger partial charge on any atom is -0.497 e. The van der Waals surface area contributed by atoms with E-state index in [4.69, 9.17) is 9.47 Å². The molecule has 1 heterocycles. The Morgan fingerprint density at radius 1 is 1.21 bits per heavy atom. The fourth-order valence-corrected chi connectivity index (χ4v) is 3.97. The van der Waals surface area contributed by atoms with Gasteiger partial charge in [0, 0.05) is 24.7 Å². The highest BCUT2D eigenvalue weighted by Crippen LogP contribution is 2.38. The second-order valence-corrected chi connectivity index (χ2v) is 7.27. The summed E-state index contributed by atoms with van der Waals surface area (Å²) in [5.74, 6) is 1.35. The Bertz CT molecular complexity index is 843. The number of likely N-dealkylation sites (tertiary alicyclic amines) is 1. The molecule has 156 valence electrons. The number of rotatable bonds is 8. The largest absolute Gasteiger partial charge is 0.497 e. The van der Waals surface area contributed by atoms with Gasteiger partial charge in [0.05, 0.1) is 20.8 Å². The monoisotopic (exact) mass is 400 g/mol. The molecule has 1 aliphatic heterocycles. The summed E-state index contributed by atoms with van der Waals surface area (Å²) in [5, 5.41) is 0. The quantitative estimate of drug-likeness (QED) is 0.671. The smallest absolute Gasteiger partial charge is 0.237 e. The molecule has 0 saturated carbocycles. The van der Waals surface area contributed by atoms with E-state index in [1.165, 1.54) is 12.1 Å². The molecule has 1 amide bonds. The second-order valence-electron chi connectivity index (χ2n) is 7.27. The van der Waals surface area contributed by atoms with Crippen LogP contribution in [0.2, 0.25) is 0 Å². The molecule has 1 aliphatic rings. The Morgan fingerprint density at radius 2 is 2.03 bits per heavy atom. The van der Waals surface area contributed by atoms with Gasteiger partial charge < -0.3 is 14.4 Å². The zero-order valence-electron chi connectivity index (χ0n) is 17.4. The van der Waals surface area contributed by atoms with Gasteiger partial charge in [-0.3, -0.25) is 9.69 Å². The molecule has 2 aromatic rings. The topological polar surface area (TPSA) is 42.0 Å². The van der Waals surface area contributed by atoms with Gasteiger partial charge in [0.2, 0.25) is 5.91 Å². The summed E-state index contributed by atoms with van der Waals surface area (Å²) in [7, 11) is 3.31. The fraction of sp³-hybridized carbons (Fsp3) is 0.435. The number of benzene rings is 2. The lowest BCUT2D eigenvalue weighted by atomic mass is 10.0. The Morgan fingerprint density at radius 3 is 2.72 bits per heavy atom. The summed E-state index contributed by atoms with van der Waals surface area (Å²) in [6, 6.07) is 12.3. The van der Waals surface area contributed by atoms with Crippen molar-refractivity contribution in [2.75, 3.05) is 33.9 Å². The van der Waals surface area contributed by atoms with Gasteiger partial charge in [0.1, 0.15) is 17.3 Å². The SMILES string of the molecule is CCN(Cc1cccc(F)c1)C(=O)CN1CCCC1c1cc(OC)ccc1OC. The molecule has 0 aromatic heterocycles. The third-order valence-electron chi connectivity index (χ3n) is 5.49. The maximum atomic E-state index is 13.5. The molecular formula is C23H29FN2O3. The summed E-state index contributed by atoms with van der Waals surface area (Å²) in [5.41, 5.74) is 1.85. The van der Waals surface area contributed by atoms with Gasteiger partial charge in [-0.05, 0) is 62.2 Å². The van der Waals surface area contributed by atoms with Gasteiger partial charge in [0.25, 0.3) is 0 Å². The molecule has 1 unspecified atom stereocenters. The molecule has 1 fully saturated rings. The predicted molar refractivity (Wildman–Crippen MR) is 111 cm³/mol. The van der Waals surface area contributed by atoms with E-state index in [0.29, 0.717) is 19.6 Å². The molecule has 2 aromatic carbocycles. The maximum absolute atomic E-state index is 13.5. The summed E-state index contributed by atoms with van der Waals surface area (Å²) in [4.78, 5) is 17.0. The van der Waals surface area contributed by atoms with Crippen molar-refractivity contribution >= 4 is 5.91 Å². The van der Waals surface area contributed by atoms with Crippen LogP contribution in [-0.2, 0) is 11.3 Å². The van der Waals surface area contributed by atoms with Crippen molar-refractivity contribution in [2.45, 2.75) is 32.4 Å². The van der Waals surface area contributed by atoms with Gasteiger partial charge in [0.15, 0.2) is 0 Å². The van der Waals surface area contributed by atoms with Crippen LogP contribution in [0.25, 0.3) is 0 Å². The van der Waals surface area contributed by atoms with E-state index in [-0.39, 0.29) is 17.8 Å². The molecule has 29 heavy (non-hydrogen) atoms. The number of ether oxygens (including phenoxy) is 2. The van der Waals surface area contributed by atoms with E-state index in [9.17, 15) is 9.18 Å². The maximum Gasteiger partial charge on any atom is 0.237 e. The first kappa shape index (κ1) is 21.1. The first-order chi connectivity index (χ1) is 14.0. The van der Waals surface area contributed by atoms with Gasteiger partial charge in [-0.1, -0.05) is 12.1 Å². The van der Waals surface area contributed by atoms with Crippen LogP contribution in [0, 0.1) is 5.82 Å². The Balaban J connectivity index is 1.73. The van der Waals surface area contributed by atoms with E-state index in [1.54, 1.807) is 25.2 Å². The fourth-order valence-electron chi connectivity index (χ4n) is 3.97. The lowest BCUT2D eigenvalue weighted by Crippen LogP contribution is -2.39. The van der Waals surface area contributed by atoms with Crippen molar-refractivity contribution in [3.63, 3.8) is 0 Å². The van der Waals surface area contributed by atoms with Crippen LogP contribution in [0.4, 0.5) is 4.39 Å². The van der Waals surface area contributed by atoms with Crippen molar-refractivity contribution < 1.29 is 18.7 Å². The summed E-state index contributed by atoms with van der Waals surface area (Å²) in [6.07, 6.45) is 1.99. The number of carbonyl (C=O) groups is 1. The average Bonchev–Trinajstić information content (AvgIpc) is 3.19. The first-order valence-corrected chi connectivity index (χ1v) is 10.0. The van der Waals surface area contributed by atoms with E-state index in [0.717, 1.165) is 42.0 Å².